The molecule has 0 amide bonds. The molecule has 0 saturated carbocycles. The van der Waals surface area contributed by atoms with Crippen LogP contribution in [0, 0.1) is 15.3 Å². The van der Waals surface area contributed by atoms with Crippen LogP contribution in [0.1, 0.15) is 5.56 Å². The molecule has 0 aromatic heterocycles. The summed E-state index contributed by atoms with van der Waals surface area (Å²) in [5.74, 6) is -1.62. The fourth-order valence-corrected chi connectivity index (χ4v) is 1.04. The topological polar surface area (TPSA) is 170 Å². The molecule has 19 heavy (non-hydrogen) atoms. The van der Waals surface area contributed by atoms with Gasteiger partial charge in [0.15, 0.2) is 11.5 Å². The van der Waals surface area contributed by atoms with Crippen LogP contribution in [0.4, 0.5) is 0 Å². The van der Waals surface area contributed by atoms with Crippen molar-refractivity contribution in [1.82, 2.24) is 0 Å². The summed E-state index contributed by atoms with van der Waals surface area (Å²) < 4.78 is 0. The summed E-state index contributed by atoms with van der Waals surface area (Å²) in [4.78, 5) is 18.7. The number of aromatic hydroxyl groups is 2. The molecule has 9 nitrogen and oxygen atoms in total. The molecule has 1 rings (SSSR count). The summed E-state index contributed by atoms with van der Waals surface area (Å²) in [6.07, 6.45) is 0.114. The molecule has 10 heteroatoms. The van der Waals surface area contributed by atoms with Crippen molar-refractivity contribution in [2.24, 2.45) is 5.73 Å². The second kappa shape index (κ2) is 9.16. The number of hydrogen-bond donors (Lipinski definition) is 4. The first-order valence-electron chi connectivity index (χ1n) is 4.54. The zero-order chi connectivity index (χ0) is 14.3. The number of benzene rings is 1. The number of rotatable bonds is 3. The molecule has 0 saturated heterocycles. The Hall–Kier alpha value is -1.81. The number of phenolic OH excluding ortho intramolecular Hbond substituents is 2. The number of carbonyl (C=O) groups is 1. The standard InChI is InChI=1S/C9H11NO4.Ag.NO3/c10-6(9(13)14)3-5-1-2-7(11)8(12)4-5;;2-1(3)4/h1-2,4,6,11-12H,3,10H2,(H,13,14);;/q;+1;-1/t6-;;/m0../s1. The maximum atomic E-state index is 10.4. The predicted molar refractivity (Wildman–Crippen MR) is 59.4 cm³/mol. The van der Waals surface area contributed by atoms with Gasteiger partial charge in [-0.15, -0.1) is 0 Å². The predicted octanol–water partition coefficient (Wildman–Crippen LogP) is -0.189. The number of nitrogens with zero attached hydrogens (tertiary/aromatic N) is 1. The van der Waals surface area contributed by atoms with Crippen LogP contribution in [0.3, 0.4) is 0 Å². The Kier molecular flexibility index (Phi) is 9.42. The maximum Gasteiger partial charge on any atom is 1.00 e. The van der Waals surface area contributed by atoms with Gasteiger partial charge in [0.2, 0.25) is 0 Å². The number of carboxylic acid groups (broad SMARTS) is 1. The summed E-state index contributed by atoms with van der Waals surface area (Å²) in [5, 5.41) is 41.4. The van der Waals surface area contributed by atoms with E-state index in [1.807, 2.05) is 0 Å². The molecule has 0 heterocycles. The van der Waals surface area contributed by atoms with Crippen molar-refractivity contribution < 1.29 is 47.6 Å². The minimum Gasteiger partial charge on any atom is -0.504 e. The van der Waals surface area contributed by atoms with Crippen LogP contribution in [0.15, 0.2) is 18.2 Å². The van der Waals surface area contributed by atoms with Crippen molar-refractivity contribution in [3.8, 4) is 11.5 Å². The number of carboxylic acids is 1. The third-order valence-electron chi connectivity index (χ3n) is 1.81. The number of aliphatic carboxylic acids is 1. The van der Waals surface area contributed by atoms with Crippen LogP contribution in [-0.2, 0) is 33.6 Å². The molecule has 0 aliphatic carbocycles. The van der Waals surface area contributed by atoms with Crippen LogP contribution in [0.5, 0.6) is 11.5 Å². The van der Waals surface area contributed by atoms with E-state index in [9.17, 15) is 4.79 Å². The van der Waals surface area contributed by atoms with Crippen molar-refractivity contribution in [3.05, 3.63) is 39.1 Å². The van der Waals surface area contributed by atoms with Gasteiger partial charge < -0.3 is 36.4 Å². The largest absolute Gasteiger partial charge is 1.00 e. The summed E-state index contributed by atoms with van der Waals surface area (Å²) >= 11 is 0. The van der Waals surface area contributed by atoms with Crippen molar-refractivity contribution in [2.75, 3.05) is 0 Å². The van der Waals surface area contributed by atoms with Gasteiger partial charge in [0, 0.05) is 0 Å². The molecule has 0 aliphatic rings. The summed E-state index contributed by atoms with van der Waals surface area (Å²) in [6.45, 7) is 0. The molecular weight excluding hydrogens is 356 g/mol. The molecule has 0 bridgehead atoms. The van der Waals surface area contributed by atoms with Gasteiger partial charge in [0.1, 0.15) is 6.04 Å². The third-order valence-corrected chi connectivity index (χ3v) is 1.81. The zero-order valence-corrected chi connectivity index (χ0v) is 10.8. The first-order chi connectivity index (χ1) is 8.23. The van der Waals surface area contributed by atoms with Gasteiger partial charge in [-0.1, -0.05) is 6.07 Å². The minimum absolute atomic E-state index is 0. The average molecular weight is 367 g/mol. The molecule has 1 aromatic carbocycles. The van der Waals surface area contributed by atoms with E-state index in [4.69, 9.17) is 36.4 Å². The van der Waals surface area contributed by atoms with E-state index in [2.05, 4.69) is 0 Å². The number of hydrogen-bond acceptors (Lipinski definition) is 7. The third kappa shape index (κ3) is 8.85. The van der Waals surface area contributed by atoms with E-state index in [0.717, 1.165) is 0 Å². The van der Waals surface area contributed by atoms with Gasteiger partial charge in [-0.3, -0.25) is 4.79 Å². The molecule has 5 N–H and O–H groups in total. The van der Waals surface area contributed by atoms with Crippen LogP contribution in [-0.4, -0.2) is 32.4 Å². The van der Waals surface area contributed by atoms with Gasteiger partial charge in [-0.2, -0.15) is 0 Å². The van der Waals surface area contributed by atoms with Crippen molar-refractivity contribution in [1.29, 1.82) is 0 Å². The van der Waals surface area contributed by atoms with E-state index < -0.39 is 17.1 Å². The van der Waals surface area contributed by atoms with Gasteiger partial charge >= 0.3 is 28.3 Å². The van der Waals surface area contributed by atoms with Crippen LogP contribution < -0.4 is 5.73 Å². The molecule has 1 aromatic rings. The van der Waals surface area contributed by atoms with Gasteiger partial charge in [0.05, 0.1) is 5.09 Å². The summed E-state index contributed by atoms with van der Waals surface area (Å²) in [7, 11) is 0. The SMILES string of the molecule is N[C@@H](Cc1ccc(O)c(O)c1)C(=O)O.O=[N+]([O-])[O-].[Ag+]. The fraction of sp³-hybridized carbons (Fsp3) is 0.222. The monoisotopic (exact) mass is 366 g/mol. The second-order valence-electron chi connectivity index (χ2n) is 3.20. The van der Waals surface area contributed by atoms with Crippen molar-refractivity contribution in [2.45, 2.75) is 12.5 Å². The number of phenols is 2. The van der Waals surface area contributed by atoms with Crippen LogP contribution in [0.25, 0.3) is 0 Å². The molecule has 0 radical (unpaired) electrons. The molecular formula is C9H11AgN2O7. The Balaban J connectivity index is 0. The second-order valence-corrected chi connectivity index (χ2v) is 3.20. The van der Waals surface area contributed by atoms with E-state index in [1.54, 1.807) is 0 Å². The van der Waals surface area contributed by atoms with Crippen molar-refractivity contribution in [3.63, 3.8) is 0 Å². The van der Waals surface area contributed by atoms with Gasteiger partial charge in [0.25, 0.3) is 0 Å². The Labute approximate surface area is 122 Å². The summed E-state index contributed by atoms with van der Waals surface area (Å²) in [6, 6.07) is 3.09. The molecule has 1 atom stereocenters. The van der Waals surface area contributed by atoms with Gasteiger partial charge in [-0.25, -0.2) is 0 Å². The molecule has 0 spiro atoms. The fourth-order valence-electron chi connectivity index (χ4n) is 1.04. The smallest absolute Gasteiger partial charge is 0.504 e. The Morgan fingerprint density at radius 2 is 1.79 bits per heavy atom. The quantitative estimate of drug-likeness (QED) is 0.246. The average Bonchev–Trinajstić information content (AvgIpc) is 2.22. The maximum absolute atomic E-state index is 10.4. The Morgan fingerprint density at radius 1 is 1.32 bits per heavy atom. The van der Waals surface area contributed by atoms with E-state index in [1.165, 1.54) is 18.2 Å². The summed E-state index contributed by atoms with van der Waals surface area (Å²) in [5.41, 5.74) is 5.86. The first kappa shape index (κ1) is 19.5. The molecule has 0 fully saturated rings. The van der Waals surface area contributed by atoms with Crippen LogP contribution in [0.2, 0.25) is 0 Å². The van der Waals surface area contributed by atoms with E-state index >= 15 is 0 Å². The Morgan fingerprint density at radius 3 is 2.16 bits per heavy atom. The minimum atomic E-state index is -1.75. The Bertz CT molecular complexity index is 437. The zero-order valence-electron chi connectivity index (χ0n) is 9.32. The number of nitrogens with two attached hydrogens (primary N) is 1. The van der Waals surface area contributed by atoms with E-state index in [0.29, 0.717) is 5.56 Å². The van der Waals surface area contributed by atoms with Gasteiger partial charge in [-0.05, 0) is 24.1 Å². The molecule has 0 unspecified atom stereocenters. The van der Waals surface area contributed by atoms with E-state index in [-0.39, 0.29) is 40.3 Å². The molecule has 110 valence electrons. The first-order valence-corrected chi connectivity index (χ1v) is 4.54. The normalized spacial score (nSPS) is 10.4. The van der Waals surface area contributed by atoms with Crippen LogP contribution >= 0.6 is 0 Å². The molecule has 0 aliphatic heterocycles. The van der Waals surface area contributed by atoms with Crippen molar-refractivity contribution >= 4 is 5.97 Å².